The minimum Gasteiger partial charge on any atom is -0.455 e. The van der Waals surface area contributed by atoms with Crippen molar-refractivity contribution in [3.05, 3.63) is 187 Å². The third-order valence-electron chi connectivity index (χ3n) is 14.1. The highest BCUT2D eigenvalue weighted by Gasteiger charge is 2.37. The topological polar surface area (TPSA) is 30.1 Å². The molecule has 298 valence electrons. The van der Waals surface area contributed by atoms with Crippen molar-refractivity contribution in [1.29, 1.82) is 0 Å². The molecule has 3 nitrogen and oxygen atoms in total. The van der Waals surface area contributed by atoms with E-state index >= 15 is 0 Å². The molecule has 0 saturated heterocycles. The van der Waals surface area contributed by atoms with Gasteiger partial charge in [0.15, 0.2) is 7.28 Å². The average molecular weight is 799 g/mol. The molecule has 0 spiro atoms. The van der Waals surface area contributed by atoms with E-state index in [4.69, 9.17) is 4.42 Å². The second kappa shape index (κ2) is 13.7. The molecule has 10 aromatic rings. The first-order valence-electron chi connectivity index (χ1n) is 22.1. The summed E-state index contributed by atoms with van der Waals surface area (Å²) in [7, 11) is 0.765. The molecule has 1 aliphatic heterocycles. The molecule has 0 bridgehead atoms. The van der Waals surface area contributed by atoms with Crippen LogP contribution in [0.2, 0.25) is 0 Å². The summed E-state index contributed by atoms with van der Waals surface area (Å²) in [6.07, 6.45) is 2.38. The summed E-state index contributed by atoms with van der Waals surface area (Å²) in [5.74, 6) is 0.898. The predicted molar refractivity (Wildman–Crippen MR) is 264 cm³/mol. The summed E-state index contributed by atoms with van der Waals surface area (Å²) in [6, 6.07) is 64.4. The van der Waals surface area contributed by atoms with Crippen molar-refractivity contribution < 1.29 is 4.42 Å². The van der Waals surface area contributed by atoms with E-state index in [-0.39, 0.29) is 10.8 Å². The van der Waals surface area contributed by atoms with Gasteiger partial charge in [-0.15, -0.1) is 0 Å². The van der Waals surface area contributed by atoms with Crippen molar-refractivity contribution in [3.8, 4) is 50.4 Å². The fourth-order valence-electron chi connectivity index (χ4n) is 10.8. The van der Waals surface area contributed by atoms with Crippen LogP contribution in [0.5, 0.6) is 0 Å². The van der Waals surface area contributed by atoms with E-state index in [9.17, 15) is 0 Å². The van der Waals surface area contributed by atoms with E-state index in [1.54, 1.807) is 0 Å². The predicted octanol–water partition coefficient (Wildman–Crippen LogP) is 14.0. The quantitative estimate of drug-likeness (QED) is 0.170. The molecule has 4 heteroatoms. The van der Waals surface area contributed by atoms with Gasteiger partial charge in [-0.3, -0.25) is 0 Å². The first-order valence-corrected chi connectivity index (χ1v) is 22.1. The van der Waals surface area contributed by atoms with Crippen molar-refractivity contribution in [2.75, 3.05) is 5.32 Å². The van der Waals surface area contributed by atoms with Crippen LogP contribution in [-0.2, 0) is 10.8 Å². The van der Waals surface area contributed by atoms with Gasteiger partial charge < -0.3 is 14.3 Å². The second-order valence-corrected chi connectivity index (χ2v) is 18.8. The van der Waals surface area contributed by atoms with Gasteiger partial charge in [0, 0.05) is 55.4 Å². The molecule has 0 atom stereocenters. The van der Waals surface area contributed by atoms with Gasteiger partial charge in [-0.1, -0.05) is 167 Å². The largest absolute Gasteiger partial charge is 0.455 e. The Bertz CT molecular complexity index is 3390. The molecule has 0 fully saturated rings. The number of nitrogens with one attached hydrogen (secondary N) is 1. The Morgan fingerprint density at radius 1 is 0.548 bits per heavy atom. The molecule has 0 amide bonds. The Morgan fingerprint density at radius 3 is 1.95 bits per heavy atom. The van der Waals surface area contributed by atoms with Crippen LogP contribution in [-0.4, -0.2) is 11.8 Å². The molecule has 2 aromatic heterocycles. The van der Waals surface area contributed by atoms with Gasteiger partial charge in [0.25, 0.3) is 0 Å². The number of aromatic nitrogens is 1. The summed E-state index contributed by atoms with van der Waals surface area (Å²) in [5.41, 5.74) is 20.8. The van der Waals surface area contributed by atoms with Crippen LogP contribution in [0.1, 0.15) is 51.7 Å². The Morgan fingerprint density at radius 2 is 1.19 bits per heavy atom. The van der Waals surface area contributed by atoms with E-state index in [0.717, 1.165) is 52.1 Å². The highest BCUT2D eigenvalue weighted by atomic mass is 16.3. The molecule has 1 N–H and O–H groups in total. The monoisotopic (exact) mass is 798 g/mol. The second-order valence-electron chi connectivity index (χ2n) is 18.8. The first-order chi connectivity index (χ1) is 30.2. The van der Waals surface area contributed by atoms with Crippen LogP contribution in [0.3, 0.4) is 0 Å². The minimum atomic E-state index is 0.117. The molecule has 1 aliphatic carbocycles. The number of hydrogen-bond acceptors (Lipinski definition) is 2. The van der Waals surface area contributed by atoms with Crippen LogP contribution in [0.15, 0.2) is 180 Å². The molecule has 3 heterocycles. The molecule has 0 radical (unpaired) electrons. The fourth-order valence-corrected chi connectivity index (χ4v) is 10.8. The summed E-state index contributed by atoms with van der Waals surface area (Å²) < 4.78 is 9.52. The van der Waals surface area contributed by atoms with Crippen molar-refractivity contribution in [3.63, 3.8) is 0 Å². The zero-order chi connectivity index (χ0) is 41.7. The maximum Gasteiger partial charge on any atom is 0.198 e. The van der Waals surface area contributed by atoms with E-state index in [2.05, 4.69) is 214 Å². The molecule has 0 unspecified atom stereocenters. The summed E-state index contributed by atoms with van der Waals surface area (Å²) >= 11 is 0. The standard InChI is InChI=1S/C58H47BN2O/c1-57(2)30-31-58(3,4)46-32-39(28-29-45(46)57)60-48-26-16-14-24-40(48)43-33-42(36-18-8-5-9-19-36)53-41-25-15-17-27-49(41)61-50-34-44-51(35-47(50)59-54(43)55(53)61)62-56(38-22-12-7-13-23-38)52(44)37-20-10-6-11-21-37/h5-29,32-35,59-60H,30-31H2,1-4H3. The maximum absolute atomic E-state index is 6.96. The molecule has 2 aliphatic rings. The van der Waals surface area contributed by atoms with Crippen LogP contribution >= 0.6 is 0 Å². The molecular formula is C58H47BN2O. The van der Waals surface area contributed by atoms with Gasteiger partial charge in [-0.2, -0.15) is 0 Å². The number of nitrogens with zero attached hydrogens (tertiary/aromatic N) is 1. The Kier molecular flexibility index (Phi) is 8.15. The van der Waals surface area contributed by atoms with Crippen molar-refractivity contribution in [1.82, 2.24) is 4.57 Å². The Hall–Kier alpha value is -7.04. The number of benzene rings is 8. The highest BCUT2D eigenvalue weighted by molar-refractivity contribution is 6.74. The van der Waals surface area contributed by atoms with E-state index < -0.39 is 0 Å². The van der Waals surface area contributed by atoms with Gasteiger partial charge in [-0.05, 0) is 105 Å². The van der Waals surface area contributed by atoms with Gasteiger partial charge in [0.2, 0.25) is 0 Å². The third kappa shape index (κ3) is 5.66. The number of furan rings is 1. The molecule has 8 aromatic carbocycles. The lowest BCUT2D eigenvalue weighted by Crippen LogP contribution is -2.37. The van der Waals surface area contributed by atoms with E-state index in [1.807, 2.05) is 0 Å². The zero-order valence-electron chi connectivity index (χ0n) is 35.7. The molecule has 12 rings (SSSR count). The molecular weight excluding hydrogens is 751 g/mol. The van der Waals surface area contributed by atoms with Gasteiger partial charge in [0.1, 0.15) is 11.3 Å². The van der Waals surface area contributed by atoms with Crippen LogP contribution < -0.4 is 16.2 Å². The number of rotatable bonds is 6. The SMILES string of the molecule is CC1(C)CCC(C)(C)c2cc(Nc3ccccc3-c3cc(-c4ccccc4)c4c5ccccc5n5c4c3Bc3cc4oc(-c6ccccc6)c(-c6ccccc6)c4cc3-5)ccc21. The summed E-state index contributed by atoms with van der Waals surface area (Å²) in [6.45, 7) is 9.60. The molecule has 62 heavy (non-hydrogen) atoms. The van der Waals surface area contributed by atoms with Crippen LogP contribution in [0, 0.1) is 0 Å². The lowest BCUT2D eigenvalue weighted by Gasteiger charge is -2.42. The van der Waals surface area contributed by atoms with Crippen LogP contribution in [0.25, 0.3) is 83.2 Å². The van der Waals surface area contributed by atoms with Gasteiger partial charge in [-0.25, -0.2) is 0 Å². The van der Waals surface area contributed by atoms with Crippen molar-refractivity contribution in [2.24, 2.45) is 0 Å². The number of fused-ring (bicyclic) bond motifs is 7. The number of anilines is 2. The van der Waals surface area contributed by atoms with Crippen LogP contribution in [0.4, 0.5) is 11.4 Å². The zero-order valence-corrected chi connectivity index (χ0v) is 35.7. The lowest BCUT2D eigenvalue weighted by atomic mass is 9.58. The Labute approximate surface area is 363 Å². The highest BCUT2D eigenvalue weighted by Crippen LogP contribution is 2.48. The van der Waals surface area contributed by atoms with Gasteiger partial charge in [0.05, 0.1) is 5.52 Å². The first kappa shape index (κ1) is 36.8. The van der Waals surface area contributed by atoms with E-state index in [0.29, 0.717) is 0 Å². The number of para-hydroxylation sites is 2. The molecule has 0 saturated carbocycles. The Balaban J connectivity index is 1.12. The minimum absolute atomic E-state index is 0.117. The van der Waals surface area contributed by atoms with Crippen molar-refractivity contribution >= 4 is 62.4 Å². The fraction of sp³-hybridized carbons (Fsp3) is 0.138. The lowest BCUT2D eigenvalue weighted by molar-refractivity contribution is 0.332. The smallest absolute Gasteiger partial charge is 0.198 e. The summed E-state index contributed by atoms with van der Waals surface area (Å²) in [4.78, 5) is 0. The third-order valence-corrected chi connectivity index (χ3v) is 14.1. The summed E-state index contributed by atoms with van der Waals surface area (Å²) in [5, 5.41) is 7.64. The van der Waals surface area contributed by atoms with Crippen molar-refractivity contribution in [2.45, 2.75) is 51.4 Å². The maximum atomic E-state index is 6.96. The van der Waals surface area contributed by atoms with E-state index in [1.165, 1.54) is 84.6 Å². The average Bonchev–Trinajstić information content (AvgIpc) is 3.85. The normalized spacial score (nSPS) is 14.7. The van der Waals surface area contributed by atoms with Gasteiger partial charge >= 0.3 is 0 Å². The number of hydrogen-bond donors (Lipinski definition) is 1.